The number of aryl methyl sites for hydroxylation is 1. The van der Waals surface area contributed by atoms with Crippen molar-refractivity contribution in [1.29, 1.82) is 0 Å². The van der Waals surface area contributed by atoms with E-state index in [1.54, 1.807) is 30.3 Å². The van der Waals surface area contributed by atoms with Crippen LogP contribution < -0.4 is 16.8 Å². The summed E-state index contributed by atoms with van der Waals surface area (Å²) < 4.78 is 33.5. The average molecular weight is 423 g/mol. The van der Waals surface area contributed by atoms with E-state index in [4.69, 9.17) is 11.5 Å². The number of benzene rings is 3. The second-order valence-corrected chi connectivity index (χ2v) is 8.35. The van der Waals surface area contributed by atoms with Gasteiger partial charge in [-0.3, -0.25) is 14.1 Å². The minimum absolute atomic E-state index is 0.0166. The van der Waals surface area contributed by atoms with Gasteiger partial charge in [0.05, 0.1) is 22.5 Å². The molecule has 0 radical (unpaired) electrons. The molecule has 30 heavy (non-hydrogen) atoms. The molecule has 1 aliphatic rings. The van der Waals surface area contributed by atoms with Gasteiger partial charge >= 0.3 is 0 Å². The predicted octanol–water partition coefficient (Wildman–Crippen LogP) is 2.93. The van der Waals surface area contributed by atoms with Gasteiger partial charge in [0.25, 0.3) is 10.1 Å². The summed E-state index contributed by atoms with van der Waals surface area (Å²) in [5, 5.41) is 2.94. The first-order valence-corrected chi connectivity index (χ1v) is 10.3. The van der Waals surface area contributed by atoms with Crippen LogP contribution in [0.2, 0.25) is 0 Å². The zero-order chi connectivity index (χ0) is 21.8. The van der Waals surface area contributed by atoms with Crippen LogP contribution in [0.3, 0.4) is 0 Å². The van der Waals surface area contributed by atoms with Crippen molar-refractivity contribution in [2.75, 3.05) is 16.8 Å². The number of ketones is 2. The lowest BCUT2D eigenvalue weighted by Crippen LogP contribution is -2.25. The summed E-state index contributed by atoms with van der Waals surface area (Å²) in [5.41, 5.74) is 13.1. The number of rotatable bonds is 3. The van der Waals surface area contributed by atoms with E-state index in [-0.39, 0.29) is 27.9 Å². The van der Waals surface area contributed by atoms with E-state index in [1.165, 1.54) is 12.1 Å². The van der Waals surface area contributed by atoms with Crippen LogP contribution in [0.4, 0.5) is 22.7 Å². The molecule has 0 unspecified atom stereocenters. The zero-order valence-corrected chi connectivity index (χ0v) is 16.6. The number of nitrogen functional groups attached to an aromatic ring is 2. The molecule has 0 atom stereocenters. The van der Waals surface area contributed by atoms with Crippen LogP contribution in [0, 0.1) is 6.92 Å². The van der Waals surface area contributed by atoms with Crippen molar-refractivity contribution in [1.82, 2.24) is 0 Å². The SMILES string of the molecule is Cc1ccc(Nc2cc(S(=O)(=O)O)c(N)c3c2C(=O)c2ccccc2C3=O)cc1N. The third-order valence-electron chi connectivity index (χ3n) is 5.04. The first-order valence-electron chi connectivity index (χ1n) is 8.85. The van der Waals surface area contributed by atoms with Crippen molar-refractivity contribution in [3.05, 3.63) is 76.3 Å². The lowest BCUT2D eigenvalue weighted by atomic mass is 9.82. The second-order valence-electron chi connectivity index (χ2n) is 6.96. The van der Waals surface area contributed by atoms with Gasteiger partial charge < -0.3 is 16.8 Å². The van der Waals surface area contributed by atoms with Gasteiger partial charge in [-0.15, -0.1) is 0 Å². The first-order chi connectivity index (χ1) is 14.1. The summed E-state index contributed by atoms with van der Waals surface area (Å²) in [5.74, 6) is -1.09. The highest BCUT2D eigenvalue weighted by atomic mass is 32.2. The van der Waals surface area contributed by atoms with Crippen molar-refractivity contribution < 1.29 is 22.6 Å². The minimum Gasteiger partial charge on any atom is -0.398 e. The second kappa shape index (κ2) is 6.68. The maximum absolute atomic E-state index is 13.2. The molecule has 0 spiro atoms. The molecular weight excluding hydrogens is 406 g/mol. The van der Waals surface area contributed by atoms with Crippen LogP contribution in [-0.2, 0) is 10.1 Å². The van der Waals surface area contributed by atoms with Crippen molar-refractivity contribution in [3.8, 4) is 0 Å². The largest absolute Gasteiger partial charge is 0.398 e. The van der Waals surface area contributed by atoms with E-state index in [2.05, 4.69) is 5.32 Å². The van der Waals surface area contributed by atoms with E-state index in [0.29, 0.717) is 11.4 Å². The molecule has 4 rings (SSSR count). The molecule has 8 nitrogen and oxygen atoms in total. The molecule has 0 aliphatic heterocycles. The summed E-state index contributed by atoms with van der Waals surface area (Å²) in [6.07, 6.45) is 0. The highest BCUT2D eigenvalue weighted by molar-refractivity contribution is 7.86. The summed E-state index contributed by atoms with van der Waals surface area (Å²) in [6, 6.07) is 12.3. The summed E-state index contributed by atoms with van der Waals surface area (Å²) in [4.78, 5) is 25.7. The van der Waals surface area contributed by atoms with Crippen molar-refractivity contribution in [3.63, 3.8) is 0 Å². The summed E-state index contributed by atoms with van der Waals surface area (Å²) in [7, 11) is -4.77. The van der Waals surface area contributed by atoms with Gasteiger partial charge in [0.15, 0.2) is 11.6 Å². The van der Waals surface area contributed by atoms with Crippen molar-refractivity contribution in [2.45, 2.75) is 11.8 Å². The molecule has 0 fully saturated rings. The molecule has 0 bridgehead atoms. The Bertz CT molecular complexity index is 1360. The Hall–Kier alpha value is -3.69. The van der Waals surface area contributed by atoms with E-state index in [0.717, 1.165) is 11.6 Å². The molecule has 0 amide bonds. The Morgan fingerprint density at radius 3 is 2.07 bits per heavy atom. The van der Waals surface area contributed by atoms with Crippen LogP contribution in [0.25, 0.3) is 0 Å². The van der Waals surface area contributed by atoms with Crippen LogP contribution in [0.1, 0.15) is 37.4 Å². The molecule has 0 saturated heterocycles. The number of anilines is 4. The van der Waals surface area contributed by atoms with Crippen molar-refractivity contribution in [2.24, 2.45) is 0 Å². The summed E-state index contributed by atoms with van der Waals surface area (Å²) >= 11 is 0. The molecule has 0 heterocycles. The van der Waals surface area contributed by atoms with E-state index < -0.39 is 32.3 Å². The van der Waals surface area contributed by atoms with E-state index in [9.17, 15) is 22.6 Å². The molecule has 9 heteroatoms. The normalized spacial score (nSPS) is 13.0. The number of fused-ring (bicyclic) bond motifs is 2. The molecular formula is C21H17N3O5S. The third kappa shape index (κ3) is 3.00. The maximum atomic E-state index is 13.2. The smallest absolute Gasteiger partial charge is 0.296 e. The Kier molecular flexibility index (Phi) is 4.37. The molecule has 3 aromatic carbocycles. The van der Waals surface area contributed by atoms with E-state index in [1.807, 2.05) is 6.92 Å². The van der Waals surface area contributed by atoms with Gasteiger partial charge in [0.1, 0.15) is 4.90 Å². The fourth-order valence-electron chi connectivity index (χ4n) is 3.48. The lowest BCUT2D eigenvalue weighted by Gasteiger charge is -2.23. The third-order valence-corrected chi connectivity index (χ3v) is 5.93. The molecule has 3 aromatic rings. The van der Waals surface area contributed by atoms with Gasteiger partial charge in [0.2, 0.25) is 0 Å². The van der Waals surface area contributed by atoms with Gasteiger partial charge in [-0.2, -0.15) is 8.42 Å². The predicted molar refractivity (Wildman–Crippen MR) is 113 cm³/mol. The molecule has 6 N–H and O–H groups in total. The summed E-state index contributed by atoms with van der Waals surface area (Å²) in [6.45, 7) is 1.82. The topological polar surface area (TPSA) is 153 Å². The van der Waals surface area contributed by atoms with E-state index >= 15 is 0 Å². The molecule has 0 saturated carbocycles. The molecule has 152 valence electrons. The fourth-order valence-corrected chi connectivity index (χ4v) is 4.13. The average Bonchev–Trinajstić information content (AvgIpc) is 2.69. The van der Waals surface area contributed by atoms with Crippen LogP contribution >= 0.6 is 0 Å². The lowest BCUT2D eigenvalue weighted by molar-refractivity contribution is 0.0980. The highest BCUT2D eigenvalue weighted by Gasteiger charge is 2.36. The number of nitrogens with two attached hydrogens (primary N) is 2. The Morgan fingerprint density at radius 1 is 0.900 bits per heavy atom. The maximum Gasteiger partial charge on any atom is 0.296 e. The quantitative estimate of drug-likeness (QED) is 0.290. The fraction of sp³-hybridized carbons (Fsp3) is 0.0476. The van der Waals surface area contributed by atoms with Crippen LogP contribution in [0.5, 0.6) is 0 Å². The highest BCUT2D eigenvalue weighted by Crippen LogP contribution is 2.40. The Labute approximate surface area is 172 Å². The van der Waals surface area contributed by atoms with Gasteiger partial charge in [-0.05, 0) is 30.7 Å². The first kappa shape index (κ1) is 19.6. The van der Waals surface area contributed by atoms with Gasteiger partial charge in [-0.1, -0.05) is 30.3 Å². The number of hydrogen-bond acceptors (Lipinski definition) is 7. The Morgan fingerprint density at radius 2 is 1.50 bits per heavy atom. The zero-order valence-electron chi connectivity index (χ0n) is 15.8. The minimum atomic E-state index is -4.77. The number of nitrogens with one attached hydrogen (secondary N) is 1. The Balaban J connectivity index is 2.02. The number of carbonyl (C=O) groups excluding carboxylic acids is 2. The standard InChI is InChI=1S/C21H17N3O5S/c1-10-6-7-11(8-14(10)22)24-15-9-16(30(27,28)29)19(23)18-17(15)20(25)12-4-2-3-5-13(12)21(18)26/h2-9,24H,22-23H2,1H3,(H,27,28,29). The molecule has 1 aliphatic carbocycles. The number of hydrogen-bond donors (Lipinski definition) is 4. The van der Waals surface area contributed by atoms with Gasteiger partial charge in [0, 0.05) is 22.5 Å². The van der Waals surface area contributed by atoms with Crippen LogP contribution in [-0.4, -0.2) is 24.5 Å². The monoisotopic (exact) mass is 423 g/mol. The van der Waals surface area contributed by atoms with Gasteiger partial charge in [-0.25, -0.2) is 0 Å². The molecule has 0 aromatic heterocycles. The van der Waals surface area contributed by atoms with Crippen molar-refractivity contribution >= 4 is 44.4 Å². The van der Waals surface area contributed by atoms with Crippen LogP contribution in [0.15, 0.2) is 53.4 Å². The number of carbonyl (C=O) groups is 2.